The molecular weight excluding hydrogens is 863 g/mol. The van der Waals surface area contributed by atoms with Gasteiger partial charge < -0.3 is 24.1 Å². The molecule has 0 saturated heterocycles. The molecule has 8 rings (SSSR count). The molecule has 3 aliphatic rings. The Bertz CT molecular complexity index is 2570. The number of hydrogen-bond donors (Lipinski definition) is 2. The van der Waals surface area contributed by atoms with Gasteiger partial charge in [0, 0.05) is 41.3 Å². The normalized spacial score (nSPS) is 22.3. The number of carbonyl (C=O) groups is 1. The Morgan fingerprint density at radius 2 is 1.81 bits per heavy atom. The van der Waals surface area contributed by atoms with Crippen molar-refractivity contribution in [2.24, 2.45) is 5.41 Å². The Kier molecular flexibility index (Phi) is 13.2. The number of thiophene rings is 1. The van der Waals surface area contributed by atoms with Gasteiger partial charge in [0.2, 0.25) is 5.78 Å². The van der Waals surface area contributed by atoms with Gasteiger partial charge in [-0.1, -0.05) is 54.4 Å². The molecule has 9 nitrogen and oxygen atoms in total. The van der Waals surface area contributed by atoms with Crippen molar-refractivity contribution in [3.63, 3.8) is 0 Å². The first kappa shape index (κ1) is 45.6. The number of sulfonamides is 1. The first-order valence-corrected chi connectivity index (χ1v) is 23.0. The number of aliphatic hydroxyl groups excluding tert-OH is 1. The molecule has 2 heterocycles. The average Bonchev–Trinajstić information content (AvgIpc) is 4.01. The zero-order valence-corrected chi connectivity index (χ0v) is 37.2. The summed E-state index contributed by atoms with van der Waals surface area (Å²) in [4.78, 5) is 14.7. The lowest BCUT2D eigenvalue weighted by molar-refractivity contribution is -0.137. The van der Waals surface area contributed by atoms with Crippen molar-refractivity contribution in [2.75, 3.05) is 20.8 Å². The summed E-state index contributed by atoms with van der Waals surface area (Å²) in [7, 11) is -1.14. The van der Waals surface area contributed by atoms with Gasteiger partial charge in [0.05, 0.1) is 36.5 Å². The van der Waals surface area contributed by atoms with E-state index in [1.165, 1.54) is 36.7 Å². The SMILES string of the molecule is COc1ccc(CN(C[C@]2(O)CC[C@H]3c4ccc(cc4C(=O)c4ccc(-c5cc(C(F)(F)F)ccc5Cl)o4)C[C@@H](O)CCC(C)=CCC[C@@]32C)S(=O)(=O)c2cccs2)c(OC)c1. The van der Waals surface area contributed by atoms with Gasteiger partial charge in [-0.2, -0.15) is 17.5 Å². The molecule has 1 fully saturated rings. The van der Waals surface area contributed by atoms with Gasteiger partial charge in [-0.3, -0.25) is 4.79 Å². The molecule has 330 valence electrons. The maximum absolute atomic E-state index is 14.7. The topological polar surface area (TPSA) is 127 Å². The van der Waals surface area contributed by atoms with Gasteiger partial charge in [-0.15, -0.1) is 11.3 Å². The minimum absolute atomic E-state index is 0.00956. The highest BCUT2D eigenvalue weighted by atomic mass is 35.5. The summed E-state index contributed by atoms with van der Waals surface area (Å²) in [6, 6.07) is 19.4. The minimum atomic E-state index is -4.64. The maximum atomic E-state index is 14.7. The monoisotopic (exact) mass is 911 g/mol. The zero-order valence-electron chi connectivity index (χ0n) is 34.8. The lowest BCUT2D eigenvalue weighted by Crippen LogP contribution is -2.53. The summed E-state index contributed by atoms with van der Waals surface area (Å²) in [5.74, 6) is -0.230. The lowest BCUT2D eigenvalue weighted by Gasteiger charge is -2.46. The van der Waals surface area contributed by atoms with E-state index in [1.54, 1.807) is 35.7 Å². The third-order valence-electron chi connectivity index (χ3n) is 12.7. The molecule has 0 unspecified atom stereocenters. The fraction of sp³-hybridized carbons (Fsp3) is 0.383. The van der Waals surface area contributed by atoms with E-state index in [1.807, 2.05) is 26.0 Å². The Labute approximate surface area is 368 Å². The molecule has 2 N–H and O–H groups in total. The molecule has 1 saturated carbocycles. The number of nitrogens with zero attached hydrogens (tertiary/aromatic N) is 1. The zero-order chi connectivity index (χ0) is 44.6. The summed E-state index contributed by atoms with van der Waals surface area (Å²) in [5.41, 5.74) is -0.404. The van der Waals surface area contributed by atoms with E-state index in [-0.39, 0.29) is 57.8 Å². The number of benzene rings is 3. The van der Waals surface area contributed by atoms with Gasteiger partial charge in [-0.05, 0) is 123 Å². The molecule has 3 aromatic carbocycles. The predicted molar refractivity (Wildman–Crippen MR) is 232 cm³/mol. The highest BCUT2D eigenvalue weighted by Gasteiger charge is 2.58. The van der Waals surface area contributed by atoms with Crippen LogP contribution in [-0.4, -0.2) is 61.2 Å². The smallest absolute Gasteiger partial charge is 0.416 e. The van der Waals surface area contributed by atoms with Crippen LogP contribution in [0.1, 0.15) is 96.7 Å². The van der Waals surface area contributed by atoms with E-state index < -0.39 is 50.6 Å². The third kappa shape index (κ3) is 9.13. The van der Waals surface area contributed by atoms with Crippen molar-refractivity contribution in [3.05, 3.63) is 134 Å². The molecule has 2 aromatic heterocycles. The maximum Gasteiger partial charge on any atom is 0.416 e. The summed E-state index contributed by atoms with van der Waals surface area (Å²) in [6.07, 6.45) is -0.353. The van der Waals surface area contributed by atoms with Crippen molar-refractivity contribution in [1.82, 2.24) is 4.31 Å². The number of allylic oxidation sites excluding steroid dienone is 2. The van der Waals surface area contributed by atoms with E-state index in [4.69, 9.17) is 25.5 Å². The van der Waals surface area contributed by atoms with E-state index in [0.29, 0.717) is 60.3 Å². The lowest BCUT2D eigenvalue weighted by atomic mass is 9.65. The van der Waals surface area contributed by atoms with Crippen LogP contribution in [0.2, 0.25) is 5.02 Å². The Morgan fingerprint density at radius 1 is 1.02 bits per heavy atom. The van der Waals surface area contributed by atoms with Crippen LogP contribution in [-0.2, 0) is 29.2 Å². The largest absolute Gasteiger partial charge is 0.497 e. The predicted octanol–water partition coefficient (Wildman–Crippen LogP) is 10.9. The standard InChI is InChI=1S/C47H49ClF3NO8S2/c1-29-7-5-20-45(2)38(19-21-46(45,55)28-52(62(56,57)43-8-6-22-61-43)27-31-11-14-34(58-3)26-42(31)59-4)35-15-10-30(23-33(53)13-9-29)24-36(35)44(54)41-18-17-40(60-41)37-25-32(47(49,50)51)12-16-39(37)48/h6-8,10-12,14-18,22,24-26,33,38,53,55H,5,9,13,19-21,23,27-28H2,1-4H3/t33-,38-,45-,46+/m0/s1. The second-order valence-electron chi connectivity index (χ2n) is 16.5. The number of halogens is 4. The summed E-state index contributed by atoms with van der Waals surface area (Å²) in [6.45, 7) is 3.57. The van der Waals surface area contributed by atoms with E-state index >= 15 is 0 Å². The van der Waals surface area contributed by atoms with Crippen molar-refractivity contribution >= 4 is 38.7 Å². The van der Waals surface area contributed by atoms with Crippen LogP contribution < -0.4 is 9.47 Å². The van der Waals surface area contributed by atoms with Gasteiger partial charge in [0.25, 0.3) is 10.0 Å². The number of fused-ring (bicyclic) bond motifs is 8. The highest BCUT2D eigenvalue weighted by Crippen LogP contribution is 2.59. The molecule has 62 heavy (non-hydrogen) atoms. The number of methoxy groups -OCH3 is 2. The van der Waals surface area contributed by atoms with Gasteiger partial charge in [0.15, 0.2) is 5.76 Å². The van der Waals surface area contributed by atoms with Crippen LogP contribution in [0.15, 0.2) is 105 Å². The van der Waals surface area contributed by atoms with E-state index in [9.17, 15) is 36.6 Å². The van der Waals surface area contributed by atoms with Gasteiger partial charge in [-0.25, -0.2) is 8.42 Å². The number of ketones is 1. The van der Waals surface area contributed by atoms with Crippen LogP contribution >= 0.6 is 22.9 Å². The number of aliphatic hydroxyl groups is 2. The second kappa shape index (κ2) is 18.0. The molecule has 4 atom stereocenters. The molecule has 0 radical (unpaired) electrons. The number of carbonyl (C=O) groups excluding carboxylic acids is 1. The Morgan fingerprint density at radius 3 is 2.52 bits per heavy atom. The van der Waals surface area contributed by atoms with Crippen molar-refractivity contribution in [2.45, 2.75) is 93.3 Å². The van der Waals surface area contributed by atoms with Crippen molar-refractivity contribution in [3.8, 4) is 22.8 Å². The molecule has 0 aliphatic heterocycles. The van der Waals surface area contributed by atoms with Crippen LogP contribution in [0.3, 0.4) is 0 Å². The first-order valence-electron chi connectivity index (χ1n) is 20.3. The molecule has 0 spiro atoms. The van der Waals surface area contributed by atoms with Crippen LogP contribution in [0.5, 0.6) is 11.5 Å². The van der Waals surface area contributed by atoms with Gasteiger partial charge >= 0.3 is 6.18 Å². The number of alkyl halides is 3. The molecule has 5 aromatic rings. The molecule has 0 amide bonds. The fourth-order valence-corrected chi connectivity index (χ4v) is 11.9. The molecular formula is C47H49ClF3NO8S2. The first-order chi connectivity index (χ1) is 29.4. The van der Waals surface area contributed by atoms with Crippen molar-refractivity contribution < 1.29 is 50.5 Å². The number of rotatable bonds is 11. The second-order valence-corrected chi connectivity index (χ2v) is 20.0. The van der Waals surface area contributed by atoms with E-state index in [0.717, 1.165) is 35.1 Å². The number of ether oxygens (including phenoxy) is 2. The summed E-state index contributed by atoms with van der Waals surface area (Å²) < 4.78 is 88.6. The quantitative estimate of drug-likeness (QED) is 0.0991. The Balaban J connectivity index is 1.32. The van der Waals surface area contributed by atoms with Crippen molar-refractivity contribution in [1.29, 1.82) is 0 Å². The molecule has 2 bridgehead atoms. The molecule has 3 aliphatic carbocycles. The van der Waals surface area contributed by atoms with Crippen LogP contribution in [0.25, 0.3) is 11.3 Å². The molecule has 15 heteroatoms. The fourth-order valence-electron chi connectivity index (χ4n) is 9.05. The number of hydrogen-bond acceptors (Lipinski definition) is 9. The Hall–Kier alpha value is -4.44. The average molecular weight is 912 g/mol. The summed E-state index contributed by atoms with van der Waals surface area (Å²) in [5, 5.41) is 26.0. The number of furan rings is 1. The third-order valence-corrected chi connectivity index (χ3v) is 16.2. The van der Waals surface area contributed by atoms with Crippen LogP contribution in [0, 0.1) is 5.41 Å². The van der Waals surface area contributed by atoms with Gasteiger partial charge in [0.1, 0.15) is 21.5 Å². The summed E-state index contributed by atoms with van der Waals surface area (Å²) >= 11 is 7.43. The highest BCUT2D eigenvalue weighted by molar-refractivity contribution is 7.91. The minimum Gasteiger partial charge on any atom is -0.497 e. The van der Waals surface area contributed by atoms with E-state index in [2.05, 4.69) is 6.08 Å². The van der Waals surface area contributed by atoms with Crippen LogP contribution in [0.4, 0.5) is 13.2 Å².